The fraction of sp³-hybridized carbons (Fsp3) is 0.294. The molecule has 0 amide bonds. The standard InChI is InChI=1S/C17H20ClNO2/c1-4-17(12-5-7-13(18)8-6-12)19-14-9-15(20-2)11-16(10-14)21-3/h5-11,17,19H,4H2,1-3H3. The lowest BCUT2D eigenvalue weighted by molar-refractivity contribution is 0.394. The molecule has 2 rings (SSSR count). The molecule has 21 heavy (non-hydrogen) atoms. The van der Waals surface area contributed by atoms with Crippen molar-refractivity contribution in [2.75, 3.05) is 19.5 Å². The quantitative estimate of drug-likeness (QED) is 0.821. The van der Waals surface area contributed by atoms with E-state index in [9.17, 15) is 0 Å². The summed E-state index contributed by atoms with van der Waals surface area (Å²) in [6.45, 7) is 2.14. The number of benzene rings is 2. The molecule has 112 valence electrons. The van der Waals surface area contributed by atoms with Gasteiger partial charge in [0.25, 0.3) is 0 Å². The molecule has 0 spiro atoms. The molecule has 0 radical (unpaired) electrons. The Morgan fingerprint density at radius 2 is 1.57 bits per heavy atom. The fourth-order valence-electron chi connectivity index (χ4n) is 2.21. The SMILES string of the molecule is CCC(Nc1cc(OC)cc(OC)c1)c1ccc(Cl)cc1. The number of ether oxygens (including phenoxy) is 2. The van der Waals surface area contributed by atoms with Gasteiger partial charge in [0, 0.05) is 28.9 Å². The number of halogens is 1. The van der Waals surface area contributed by atoms with Gasteiger partial charge in [0.1, 0.15) is 11.5 Å². The Morgan fingerprint density at radius 1 is 1.00 bits per heavy atom. The van der Waals surface area contributed by atoms with Gasteiger partial charge in [-0.3, -0.25) is 0 Å². The van der Waals surface area contributed by atoms with Crippen molar-refractivity contribution in [3.63, 3.8) is 0 Å². The number of methoxy groups -OCH3 is 2. The van der Waals surface area contributed by atoms with Crippen molar-refractivity contribution in [1.29, 1.82) is 0 Å². The first-order valence-electron chi connectivity index (χ1n) is 6.91. The molecule has 2 aromatic carbocycles. The molecule has 0 bridgehead atoms. The number of nitrogens with one attached hydrogen (secondary N) is 1. The Kier molecular flexibility index (Phi) is 5.34. The van der Waals surface area contributed by atoms with Crippen LogP contribution in [0.25, 0.3) is 0 Å². The van der Waals surface area contributed by atoms with Crippen LogP contribution in [0.4, 0.5) is 5.69 Å². The van der Waals surface area contributed by atoms with Crippen molar-refractivity contribution in [1.82, 2.24) is 0 Å². The van der Waals surface area contributed by atoms with Crippen molar-refractivity contribution in [2.45, 2.75) is 19.4 Å². The van der Waals surface area contributed by atoms with E-state index in [4.69, 9.17) is 21.1 Å². The molecule has 1 N–H and O–H groups in total. The van der Waals surface area contributed by atoms with Crippen LogP contribution < -0.4 is 14.8 Å². The Balaban J connectivity index is 2.23. The summed E-state index contributed by atoms with van der Waals surface area (Å²) in [5.74, 6) is 1.53. The second-order valence-electron chi connectivity index (χ2n) is 4.76. The van der Waals surface area contributed by atoms with Gasteiger partial charge in [0.15, 0.2) is 0 Å². The minimum atomic E-state index is 0.207. The van der Waals surface area contributed by atoms with Crippen molar-refractivity contribution < 1.29 is 9.47 Å². The van der Waals surface area contributed by atoms with Crippen LogP contribution in [-0.2, 0) is 0 Å². The fourth-order valence-corrected chi connectivity index (χ4v) is 2.33. The molecule has 0 aliphatic carbocycles. The van der Waals surface area contributed by atoms with Gasteiger partial charge in [-0.15, -0.1) is 0 Å². The van der Waals surface area contributed by atoms with Gasteiger partial charge >= 0.3 is 0 Å². The summed E-state index contributed by atoms with van der Waals surface area (Å²) < 4.78 is 10.6. The first-order chi connectivity index (χ1) is 10.2. The maximum atomic E-state index is 5.95. The minimum Gasteiger partial charge on any atom is -0.497 e. The van der Waals surface area contributed by atoms with E-state index in [0.717, 1.165) is 28.6 Å². The van der Waals surface area contributed by atoms with Gasteiger partial charge in [-0.1, -0.05) is 30.7 Å². The lowest BCUT2D eigenvalue weighted by Crippen LogP contribution is -2.09. The predicted molar refractivity (Wildman–Crippen MR) is 87.7 cm³/mol. The normalized spacial score (nSPS) is 11.8. The lowest BCUT2D eigenvalue weighted by Gasteiger charge is -2.20. The van der Waals surface area contributed by atoms with Crippen molar-refractivity contribution in [2.24, 2.45) is 0 Å². The molecule has 0 aliphatic heterocycles. The summed E-state index contributed by atoms with van der Waals surface area (Å²) in [5.41, 5.74) is 2.16. The van der Waals surface area contributed by atoms with Crippen LogP contribution in [0.3, 0.4) is 0 Å². The molecule has 1 unspecified atom stereocenters. The molecular weight excluding hydrogens is 286 g/mol. The van der Waals surface area contributed by atoms with Crippen molar-refractivity contribution in [3.05, 3.63) is 53.1 Å². The third kappa shape index (κ3) is 4.05. The van der Waals surface area contributed by atoms with Gasteiger partial charge in [-0.2, -0.15) is 0 Å². The molecule has 0 saturated heterocycles. The number of hydrogen-bond acceptors (Lipinski definition) is 3. The molecule has 1 atom stereocenters. The van der Waals surface area contributed by atoms with Crippen LogP contribution in [0, 0.1) is 0 Å². The maximum Gasteiger partial charge on any atom is 0.124 e. The van der Waals surface area contributed by atoms with Crippen LogP contribution in [0.1, 0.15) is 24.9 Å². The predicted octanol–water partition coefficient (Wildman–Crippen LogP) is 4.92. The third-order valence-electron chi connectivity index (χ3n) is 3.37. The van der Waals surface area contributed by atoms with Gasteiger partial charge < -0.3 is 14.8 Å². The van der Waals surface area contributed by atoms with Gasteiger partial charge in [0.2, 0.25) is 0 Å². The Bertz CT molecular complexity index is 562. The zero-order valence-electron chi connectivity index (χ0n) is 12.5. The summed E-state index contributed by atoms with van der Waals surface area (Å²) in [4.78, 5) is 0. The molecule has 0 aromatic heterocycles. The Hall–Kier alpha value is -1.87. The zero-order valence-corrected chi connectivity index (χ0v) is 13.3. The largest absolute Gasteiger partial charge is 0.497 e. The zero-order chi connectivity index (χ0) is 15.2. The van der Waals surface area contributed by atoms with Crippen molar-refractivity contribution >= 4 is 17.3 Å². The molecule has 0 heterocycles. The number of rotatable bonds is 6. The molecule has 0 fully saturated rings. The lowest BCUT2D eigenvalue weighted by atomic mass is 10.0. The number of hydrogen-bond donors (Lipinski definition) is 1. The van der Waals surface area contributed by atoms with Gasteiger partial charge in [0.05, 0.1) is 20.3 Å². The molecular formula is C17H20ClNO2. The molecule has 0 aliphatic rings. The van der Waals surface area contributed by atoms with Crippen LogP contribution >= 0.6 is 11.6 Å². The van der Waals surface area contributed by atoms with Crippen LogP contribution in [0.2, 0.25) is 5.02 Å². The highest BCUT2D eigenvalue weighted by molar-refractivity contribution is 6.30. The molecule has 2 aromatic rings. The highest BCUT2D eigenvalue weighted by Crippen LogP contribution is 2.30. The van der Waals surface area contributed by atoms with Crippen LogP contribution in [-0.4, -0.2) is 14.2 Å². The first-order valence-corrected chi connectivity index (χ1v) is 7.29. The summed E-state index contributed by atoms with van der Waals surface area (Å²) >= 11 is 5.95. The Labute approximate surface area is 130 Å². The average Bonchev–Trinajstić information content (AvgIpc) is 2.53. The van der Waals surface area contributed by atoms with Crippen LogP contribution in [0.5, 0.6) is 11.5 Å². The highest BCUT2D eigenvalue weighted by Gasteiger charge is 2.10. The third-order valence-corrected chi connectivity index (χ3v) is 3.62. The smallest absolute Gasteiger partial charge is 0.124 e. The maximum absolute atomic E-state index is 5.95. The van der Waals surface area contributed by atoms with Crippen LogP contribution in [0.15, 0.2) is 42.5 Å². The van der Waals surface area contributed by atoms with Gasteiger partial charge in [-0.05, 0) is 24.1 Å². The molecule has 4 heteroatoms. The average molecular weight is 306 g/mol. The molecule has 0 saturated carbocycles. The molecule has 3 nitrogen and oxygen atoms in total. The Morgan fingerprint density at radius 3 is 2.05 bits per heavy atom. The summed E-state index contributed by atoms with van der Waals surface area (Å²) in [6, 6.07) is 13.9. The number of anilines is 1. The highest BCUT2D eigenvalue weighted by atomic mass is 35.5. The van der Waals surface area contributed by atoms with Gasteiger partial charge in [-0.25, -0.2) is 0 Å². The van der Waals surface area contributed by atoms with Crippen molar-refractivity contribution in [3.8, 4) is 11.5 Å². The summed E-state index contributed by atoms with van der Waals surface area (Å²) in [6.07, 6.45) is 0.959. The second-order valence-corrected chi connectivity index (χ2v) is 5.19. The van der Waals surface area contributed by atoms with E-state index < -0.39 is 0 Å². The monoisotopic (exact) mass is 305 g/mol. The van der Waals surface area contributed by atoms with E-state index in [-0.39, 0.29) is 6.04 Å². The van der Waals surface area contributed by atoms with E-state index in [2.05, 4.69) is 12.2 Å². The van der Waals surface area contributed by atoms with E-state index in [1.165, 1.54) is 5.56 Å². The first kappa shape index (κ1) is 15.5. The van der Waals surface area contributed by atoms with E-state index in [1.54, 1.807) is 14.2 Å². The summed E-state index contributed by atoms with van der Waals surface area (Å²) in [7, 11) is 3.30. The van der Waals surface area contributed by atoms with E-state index in [1.807, 2.05) is 42.5 Å². The second kappa shape index (κ2) is 7.23. The van der Waals surface area contributed by atoms with E-state index >= 15 is 0 Å². The minimum absolute atomic E-state index is 0.207. The topological polar surface area (TPSA) is 30.5 Å². The summed E-state index contributed by atoms with van der Waals surface area (Å²) in [5, 5.41) is 4.26. The van der Waals surface area contributed by atoms with E-state index in [0.29, 0.717) is 0 Å².